The Morgan fingerprint density at radius 2 is 1.63 bits per heavy atom. The molecule has 1 aromatic heterocycles. The van der Waals surface area contributed by atoms with Crippen molar-refractivity contribution in [3.05, 3.63) is 87.7 Å². The number of halogens is 2. The molecule has 1 heterocycles. The third-order valence-corrected chi connectivity index (χ3v) is 5.09. The first-order chi connectivity index (χ1) is 13.1. The number of aromatic nitrogens is 1. The van der Waals surface area contributed by atoms with E-state index in [2.05, 4.69) is 27.8 Å². The summed E-state index contributed by atoms with van der Waals surface area (Å²) in [6.07, 6.45) is 1.65. The van der Waals surface area contributed by atoms with Gasteiger partial charge in [0.05, 0.1) is 10.7 Å². The zero-order chi connectivity index (χ0) is 18.8. The van der Waals surface area contributed by atoms with Crippen LogP contribution in [0.15, 0.2) is 60.7 Å². The van der Waals surface area contributed by atoms with Crippen LogP contribution in [0.1, 0.15) is 21.6 Å². The molecule has 1 amide bonds. The summed E-state index contributed by atoms with van der Waals surface area (Å²) in [6, 6.07) is 19.0. The summed E-state index contributed by atoms with van der Waals surface area (Å²) < 4.78 is 0. The third kappa shape index (κ3) is 4.07. The predicted molar refractivity (Wildman–Crippen MR) is 109 cm³/mol. The second-order valence-corrected chi connectivity index (χ2v) is 7.31. The lowest BCUT2D eigenvalue weighted by atomic mass is 10.1. The van der Waals surface area contributed by atoms with Gasteiger partial charge in [0, 0.05) is 11.7 Å². The number of anilines is 2. The molecule has 4 rings (SSSR count). The molecule has 0 atom stereocenters. The van der Waals surface area contributed by atoms with E-state index < -0.39 is 0 Å². The van der Waals surface area contributed by atoms with Crippen LogP contribution >= 0.6 is 23.2 Å². The fraction of sp³-hybridized carbons (Fsp3) is 0.143. The van der Waals surface area contributed by atoms with Gasteiger partial charge in [-0.1, -0.05) is 59.6 Å². The van der Waals surface area contributed by atoms with Gasteiger partial charge in [-0.2, -0.15) is 0 Å². The minimum absolute atomic E-state index is 0.0654. The molecule has 0 saturated carbocycles. The average Bonchev–Trinajstić information content (AvgIpc) is 3.05. The van der Waals surface area contributed by atoms with Gasteiger partial charge in [-0.3, -0.25) is 4.79 Å². The Balaban J connectivity index is 1.50. The van der Waals surface area contributed by atoms with Crippen LogP contribution in [0.3, 0.4) is 0 Å². The normalized spacial score (nSPS) is 13.3. The van der Waals surface area contributed by atoms with E-state index in [1.165, 1.54) is 11.1 Å². The highest BCUT2D eigenvalue weighted by molar-refractivity contribution is 6.33. The highest BCUT2D eigenvalue weighted by Crippen LogP contribution is 2.27. The van der Waals surface area contributed by atoms with Gasteiger partial charge in [0.1, 0.15) is 10.8 Å². The largest absolute Gasteiger partial charge is 0.354 e. The van der Waals surface area contributed by atoms with E-state index >= 15 is 0 Å². The van der Waals surface area contributed by atoms with Crippen LogP contribution in [0.25, 0.3) is 0 Å². The molecule has 0 aliphatic heterocycles. The number of hydrogen-bond donors (Lipinski definition) is 2. The highest BCUT2D eigenvalue weighted by atomic mass is 35.5. The van der Waals surface area contributed by atoms with Crippen LogP contribution in [-0.4, -0.2) is 16.9 Å². The molecular weight excluding hydrogens is 381 g/mol. The number of nitrogens with one attached hydrogen (secondary N) is 2. The molecule has 6 heteroatoms. The topological polar surface area (TPSA) is 54.0 Å². The number of carbonyl (C=O) groups is 1. The Bertz CT molecular complexity index is 981. The Kier molecular flexibility index (Phi) is 5.01. The van der Waals surface area contributed by atoms with Gasteiger partial charge in [-0.15, -0.1) is 0 Å². The maximum atomic E-state index is 12.7. The summed E-state index contributed by atoms with van der Waals surface area (Å²) >= 11 is 12.3. The third-order valence-electron chi connectivity index (χ3n) is 4.57. The van der Waals surface area contributed by atoms with Gasteiger partial charge in [-0.05, 0) is 48.2 Å². The van der Waals surface area contributed by atoms with Crippen molar-refractivity contribution in [1.82, 2.24) is 10.3 Å². The minimum atomic E-state index is -0.238. The van der Waals surface area contributed by atoms with E-state index in [0.717, 1.165) is 18.5 Å². The van der Waals surface area contributed by atoms with Crippen molar-refractivity contribution >= 4 is 40.5 Å². The molecule has 27 heavy (non-hydrogen) atoms. The highest BCUT2D eigenvalue weighted by Gasteiger charge is 2.23. The first-order valence-corrected chi connectivity index (χ1v) is 9.41. The first kappa shape index (κ1) is 17.8. The van der Waals surface area contributed by atoms with Crippen LogP contribution < -0.4 is 10.6 Å². The number of benzene rings is 2. The smallest absolute Gasteiger partial charge is 0.270 e. The van der Waals surface area contributed by atoms with Crippen molar-refractivity contribution in [3.8, 4) is 0 Å². The standard InChI is InChI=1S/C21H17Cl2N3O/c22-17-7-3-4-8-18(17)24-16-11-19(26-20(23)12-16)21(27)25-15-9-13-5-1-2-6-14(13)10-15/h1-8,11-12,15H,9-10H2,(H,24,26)(H,25,27). The summed E-state index contributed by atoms with van der Waals surface area (Å²) in [7, 11) is 0. The Hall–Kier alpha value is -2.56. The molecule has 0 fully saturated rings. The number of nitrogens with zero attached hydrogens (tertiary/aromatic N) is 1. The van der Waals surface area contributed by atoms with Crippen molar-refractivity contribution in [2.75, 3.05) is 5.32 Å². The zero-order valence-corrected chi connectivity index (χ0v) is 15.9. The fourth-order valence-electron chi connectivity index (χ4n) is 3.32. The molecule has 2 aromatic carbocycles. The van der Waals surface area contributed by atoms with E-state index in [9.17, 15) is 4.79 Å². The second kappa shape index (κ2) is 7.59. The summed E-state index contributed by atoms with van der Waals surface area (Å²) in [5, 5.41) is 7.06. The van der Waals surface area contributed by atoms with E-state index in [1.807, 2.05) is 30.3 Å². The molecule has 2 N–H and O–H groups in total. The van der Waals surface area contributed by atoms with Crippen molar-refractivity contribution < 1.29 is 4.79 Å². The van der Waals surface area contributed by atoms with Crippen LogP contribution in [0.2, 0.25) is 10.2 Å². The number of hydrogen-bond acceptors (Lipinski definition) is 3. The molecule has 1 aliphatic carbocycles. The van der Waals surface area contributed by atoms with Crippen LogP contribution in [-0.2, 0) is 12.8 Å². The van der Waals surface area contributed by atoms with E-state index in [0.29, 0.717) is 10.7 Å². The van der Waals surface area contributed by atoms with Crippen LogP contribution in [0.4, 0.5) is 11.4 Å². The monoisotopic (exact) mass is 397 g/mol. The number of rotatable bonds is 4. The lowest BCUT2D eigenvalue weighted by Crippen LogP contribution is -2.35. The summed E-state index contributed by atoms with van der Waals surface area (Å²) in [5.74, 6) is -0.238. The van der Waals surface area contributed by atoms with Gasteiger partial charge >= 0.3 is 0 Å². The predicted octanol–water partition coefficient (Wildman–Crippen LogP) is 5.03. The maximum Gasteiger partial charge on any atom is 0.270 e. The molecule has 3 aromatic rings. The molecule has 4 nitrogen and oxygen atoms in total. The Morgan fingerprint density at radius 3 is 2.33 bits per heavy atom. The van der Waals surface area contributed by atoms with Crippen LogP contribution in [0.5, 0.6) is 0 Å². The average molecular weight is 398 g/mol. The van der Waals surface area contributed by atoms with Gasteiger partial charge in [0.15, 0.2) is 0 Å². The molecule has 0 bridgehead atoms. The van der Waals surface area contributed by atoms with Crippen molar-refractivity contribution in [1.29, 1.82) is 0 Å². The van der Waals surface area contributed by atoms with Crippen LogP contribution in [0, 0.1) is 0 Å². The number of para-hydroxylation sites is 1. The van der Waals surface area contributed by atoms with Gasteiger partial charge in [0.2, 0.25) is 0 Å². The first-order valence-electron chi connectivity index (χ1n) is 8.65. The summed E-state index contributed by atoms with van der Waals surface area (Å²) in [4.78, 5) is 16.9. The zero-order valence-electron chi connectivity index (χ0n) is 14.4. The maximum absolute atomic E-state index is 12.7. The van der Waals surface area contributed by atoms with Crippen molar-refractivity contribution in [2.45, 2.75) is 18.9 Å². The molecule has 0 spiro atoms. The molecule has 1 aliphatic rings. The SMILES string of the molecule is O=C(NC1Cc2ccccc2C1)c1cc(Nc2ccccc2Cl)cc(Cl)n1. The fourth-order valence-corrected chi connectivity index (χ4v) is 3.72. The van der Waals surface area contributed by atoms with Gasteiger partial charge in [-0.25, -0.2) is 4.98 Å². The Morgan fingerprint density at radius 1 is 0.963 bits per heavy atom. The quantitative estimate of drug-likeness (QED) is 0.607. The van der Waals surface area contributed by atoms with Gasteiger partial charge < -0.3 is 10.6 Å². The lowest BCUT2D eigenvalue weighted by Gasteiger charge is -2.13. The number of pyridine rings is 1. The van der Waals surface area contributed by atoms with E-state index in [-0.39, 0.29) is 22.8 Å². The van der Waals surface area contributed by atoms with Crippen molar-refractivity contribution in [2.24, 2.45) is 0 Å². The molecule has 136 valence electrons. The molecule has 0 radical (unpaired) electrons. The Labute approximate surface area is 167 Å². The molecule has 0 saturated heterocycles. The molecule has 0 unspecified atom stereocenters. The summed E-state index contributed by atoms with van der Waals surface area (Å²) in [5.41, 5.74) is 4.22. The summed E-state index contributed by atoms with van der Waals surface area (Å²) in [6.45, 7) is 0. The number of fused-ring (bicyclic) bond motifs is 1. The van der Waals surface area contributed by atoms with E-state index in [1.54, 1.807) is 18.2 Å². The van der Waals surface area contributed by atoms with Crippen molar-refractivity contribution in [3.63, 3.8) is 0 Å². The molecular formula is C21H17Cl2N3O. The minimum Gasteiger partial charge on any atom is -0.354 e. The second-order valence-electron chi connectivity index (χ2n) is 6.52. The number of carbonyl (C=O) groups excluding carboxylic acids is 1. The lowest BCUT2D eigenvalue weighted by molar-refractivity contribution is 0.0933. The van der Waals surface area contributed by atoms with Gasteiger partial charge in [0.25, 0.3) is 5.91 Å². The number of amides is 1. The van der Waals surface area contributed by atoms with E-state index in [4.69, 9.17) is 23.2 Å².